The molecule has 0 aliphatic rings. The maximum Gasteiger partial charge on any atom is 0.162 e. The molecule has 0 saturated heterocycles. The molecule has 3 N–H and O–H groups in total. The van der Waals surface area contributed by atoms with Crippen LogP contribution in [0.5, 0.6) is 11.5 Å². The number of phenolic OH excluding ortho intramolecular Hbond substituents is 1. The molecule has 13 heavy (non-hydrogen) atoms. The largest absolute Gasteiger partial charge is 0.504 e. The second kappa shape index (κ2) is 4.14. The Bertz CT molecular complexity index is 284. The van der Waals surface area contributed by atoms with E-state index in [0.717, 1.165) is 0 Å². The van der Waals surface area contributed by atoms with E-state index in [1.54, 1.807) is 12.1 Å². The number of phenols is 1. The van der Waals surface area contributed by atoms with E-state index in [9.17, 15) is 5.11 Å². The molecular formula is C10H15NO2. The summed E-state index contributed by atoms with van der Waals surface area (Å²) in [5.41, 5.74) is 6.38. The van der Waals surface area contributed by atoms with E-state index >= 15 is 0 Å². The number of aromatic hydroxyl groups is 1. The Kier molecular flexibility index (Phi) is 3.14. The third kappa shape index (κ3) is 2.12. The van der Waals surface area contributed by atoms with Gasteiger partial charge in [-0.1, -0.05) is 12.1 Å². The minimum Gasteiger partial charge on any atom is -0.504 e. The minimum atomic E-state index is -0.180. The van der Waals surface area contributed by atoms with Crippen molar-refractivity contribution in [2.45, 2.75) is 19.9 Å². The van der Waals surface area contributed by atoms with Gasteiger partial charge in [0.25, 0.3) is 0 Å². The molecular weight excluding hydrogens is 166 g/mol. The highest BCUT2D eigenvalue weighted by molar-refractivity contribution is 5.46. The Balaban J connectivity index is 3.03. The van der Waals surface area contributed by atoms with Gasteiger partial charge in [-0.25, -0.2) is 0 Å². The summed E-state index contributed by atoms with van der Waals surface area (Å²) in [5, 5.41) is 9.69. The topological polar surface area (TPSA) is 55.5 Å². The van der Waals surface area contributed by atoms with Crippen LogP contribution in [0.1, 0.15) is 25.5 Å². The molecule has 0 bridgehead atoms. The normalized spacial score (nSPS) is 12.5. The van der Waals surface area contributed by atoms with Gasteiger partial charge in [-0.2, -0.15) is 0 Å². The number of hydrogen-bond acceptors (Lipinski definition) is 3. The van der Waals surface area contributed by atoms with Gasteiger partial charge in [0.15, 0.2) is 11.5 Å². The standard InChI is InChI=1S/C10H15NO2/c1-3-13-9-6-4-5-8(7(2)11)10(9)12/h4-7,12H,3,11H2,1-2H3/t7-/m0/s1. The van der Waals surface area contributed by atoms with E-state index in [0.29, 0.717) is 17.9 Å². The number of para-hydroxylation sites is 1. The van der Waals surface area contributed by atoms with Crippen molar-refractivity contribution in [1.82, 2.24) is 0 Å². The first-order chi connectivity index (χ1) is 6.16. The third-order valence-electron chi connectivity index (χ3n) is 1.82. The van der Waals surface area contributed by atoms with Crippen LogP contribution in [0.3, 0.4) is 0 Å². The first-order valence-corrected chi connectivity index (χ1v) is 4.37. The van der Waals surface area contributed by atoms with Gasteiger partial charge in [-0.3, -0.25) is 0 Å². The van der Waals surface area contributed by atoms with Crippen molar-refractivity contribution in [2.75, 3.05) is 6.61 Å². The molecule has 3 nitrogen and oxygen atoms in total. The molecule has 0 aliphatic carbocycles. The molecule has 0 aliphatic heterocycles. The maximum absolute atomic E-state index is 9.69. The molecule has 0 aromatic heterocycles. The monoisotopic (exact) mass is 181 g/mol. The van der Waals surface area contributed by atoms with Crippen molar-refractivity contribution in [3.8, 4) is 11.5 Å². The summed E-state index contributed by atoms with van der Waals surface area (Å²) >= 11 is 0. The Morgan fingerprint density at radius 3 is 2.77 bits per heavy atom. The van der Waals surface area contributed by atoms with E-state index in [-0.39, 0.29) is 11.8 Å². The quantitative estimate of drug-likeness (QED) is 0.747. The number of ether oxygens (including phenoxy) is 1. The van der Waals surface area contributed by atoms with Gasteiger partial charge in [-0.05, 0) is 19.9 Å². The predicted molar refractivity (Wildman–Crippen MR) is 51.9 cm³/mol. The van der Waals surface area contributed by atoms with Crippen LogP contribution in [0.2, 0.25) is 0 Å². The molecule has 1 aromatic carbocycles. The summed E-state index contributed by atoms with van der Waals surface area (Å²) in [6.45, 7) is 4.23. The van der Waals surface area contributed by atoms with E-state index in [1.807, 2.05) is 19.9 Å². The zero-order valence-electron chi connectivity index (χ0n) is 7.95. The smallest absolute Gasteiger partial charge is 0.162 e. The first-order valence-electron chi connectivity index (χ1n) is 4.37. The van der Waals surface area contributed by atoms with Gasteiger partial charge < -0.3 is 15.6 Å². The molecule has 0 radical (unpaired) electrons. The van der Waals surface area contributed by atoms with E-state index in [1.165, 1.54) is 0 Å². The van der Waals surface area contributed by atoms with Crippen LogP contribution < -0.4 is 10.5 Å². The van der Waals surface area contributed by atoms with Crippen molar-refractivity contribution in [3.63, 3.8) is 0 Å². The number of benzene rings is 1. The molecule has 0 unspecified atom stereocenters. The van der Waals surface area contributed by atoms with Crippen LogP contribution in [0.4, 0.5) is 0 Å². The lowest BCUT2D eigenvalue weighted by atomic mass is 10.1. The lowest BCUT2D eigenvalue weighted by Crippen LogP contribution is -2.05. The Morgan fingerprint density at radius 2 is 2.23 bits per heavy atom. The number of hydrogen-bond donors (Lipinski definition) is 2. The second-order valence-electron chi connectivity index (χ2n) is 2.92. The van der Waals surface area contributed by atoms with Gasteiger partial charge in [0, 0.05) is 11.6 Å². The number of nitrogens with two attached hydrogens (primary N) is 1. The second-order valence-corrected chi connectivity index (χ2v) is 2.92. The molecule has 0 heterocycles. The molecule has 72 valence electrons. The Morgan fingerprint density at radius 1 is 1.54 bits per heavy atom. The van der Waals surface area contributed by atoms with Gasteiger partial charge in [0.2, 0.25) is 0 Å². The van der Waals surface area contributed by atoms with Crippen LogP contribution in [-0.4, -0.2) is 11.7 Å². The molecule has 0 saturated carbocycles. The molecule has 0 spiro atoms. The molecule has 1 atom stereocenters. The van der Waals surface area contributed by atoms with Crippen molar-refractivity contribution in [3.05, 3.63) is 23.8 Å². The highest BCUT2D eigenvalue weighted by Gasteiger charge is 2.10. The fourth-order valence-corrected chi connectivity index (χ4v) is 1.18. The summed E-state index contributed by atoms with van der Waals surface area (Å²) in [6, 6.07) is 5.16. The van der Waals surface area contributed by atoms with Gasteiger partial charge in [-0.15, -0.1) is 0 Å². The van der Waals surface area contributed by atoms with E-state index in [2.05, 4.69) is 0 Å². The third-order valence-corrected chi connectivity index (χ3v) is 1.82. The average molecular weight is 181 g/mol. The fourth-order valence-electron chi connectivity index (χ4n) is 1.18. The highest BCUT2D eigenvalue weighted by Crippen LogP contribution is 2.32. The van der Waals surface area contributed by atoms with Crippen LogP contribution >= 0.6 is 0 Å². The minimum absolute atomic E-state index is 0.152. The summed E-state index contributed by atoms with van der Waals surface area (Å²) < 4.78 is 5.22. The molecule has 0 fully saturated rings. The molecule has 3 heteroatoms. The first kappa shape index (κ1) is 9.86. The van der Waals surface area contributed by atoms with Gasteiger partial charge in [0.1, 0.15) is 0 Å². The Hall–Kier alpha value is -1.22. The van der Waals surface area contributed by atoms with Crippen LogP contribution in [-0.2, 0) is 0 Å². The van der Waals surface area contributed by atoms with Crippen molar-refractivity contribution in [1.29, 1.82) is 0 Å². The fraction of sp³-hybridized carbons (Fsp3) is 0.400. The summed E-state index contributed by atoms with van der Waals surface area (Å²) in [4.78, 5) is 0. The maximum atomic E-state index is 9.69. The highest BCUT2D eigenvalue weighted by atomic mass is 16.5. The van der Waals surface area contributed by atoms with E-state index in [4.69, 9.17) is 10.5 Å². The van der Waals surface area contributed by atoms with Crippen LogP contribution in [0.25, 0.3) is 0 Å². The SMILES string of the molecule is CCOc1cccc([C@H](C)N)c1O. The van der Waals surface area contributed by atoms with Crippen molar-refractivity contribution >= 4 is 0 Å². The Labute approximate surface area is 78.1 Å². The zero-order valence-corrected chi connectivity index (χ0v) is 7.95. The lowest BCUT2D eigenvalue weighted by Gasteiger charge is -2.11. The zero-order chi connectivity index (χ0) is 9.84. The van der Waals surface area contributed by atoms with Crippen molar-refractivity contribution in [2.24, 2.45) is 5.73 Å². The van der Waals surface area contributed by atoms with Crippen LogP contribution in [0.15, 0.2) is 18.2 Å². The molecule has 0 amide bonds. The average Bonchev–Trinajstić information content (AvgIpc) is 2.08. The van der Waals surface area contributed by atoms with Gasteiger partial charge in [0.05, 0.1) is 6.61 Å². The van der Waals surface area contributed by atoms with Crippen molar-refractivity contribution < 1.29 is 9.84 Å². The molecule has 1 rings (SSSR count). The lowest BCUT2D eigenvalue weighted by molar-refractivity contribution is 0.316. The summed E-state index contributed by atoms with van der Waals surface area (Å²) in [7, 11) is 0. The molecule has 1 aromatic rings. The number of rotatable bonds is 3. The summed E-state index contributed by atoms with van der Waals surface area (Å²) in [5.74, 6) is 0.650. The summed E-state index contributed by atoms with van der Waals surface area (Å²) in [6.07, 6.45) is 0. The van der Waals surface area contributed by atoms with Gasteiger partial charge >= 0.3 is 0 Å². The van der Waals surface area contributed by atoms with Crippen LogP contribution in [0, 0.1) is 0 Å². The predicted octanol–water partition coefficient (Wildman–Crippen LogP) is 1.81. The van der Waals surface area contributed by atoms with E-state index < -0.39 is 0 Å².